The van der Waals surface area contributed by atoms with E-state index in [-0.39, 0.29) is 101 Å². The van der Waals surface area contributed by atoms with Crippen LogP contribution in [0.15, 0.2) is 30.3 Å². The molecule has 4 nitrogen and oxygen atoms in total. The van der Waals surface area contributed by atoms with E-state index in [1.807, 2.05) is 44.2 Å². The van der Waals surface area contributed by atoms with E-state index < -0.39 is 19.7 Å². The van der Waals surface area contributed by atoms with Crippen molar-refractivity contribution in [3.63, 3.8) is 0 Å². The van der Waals surface area contributed by atoms with E-state index in [2.05, 4.69) is 13.8 Å². The van der Waals surface area contributed by atoms with Crippen LogP contribution in [0.5, 0.6) is 0 Å². The van der Waals surface area contributed by atoms with Gasteiger partial charge in [0.2, 0.25) is 0 Å². The minimum absolute atomic E-state index is 0. The number of rotatable bonds is 8. The van der Waals surface area contributed by atoms with E-state index in [4.69, 9.17) is 0 Å². The van der Waals surface area contributed by atoms with Gasteiger partial charge in [-0.3, -0.25) is 0 Å². The first kappa shape index (κ1) is 58.9. The number of hydrogen-bond donors (Lipinski definition) is 0. The second-order valence-electron chi connectivity index (χ2n) is 5.41. The van der Waals surface area contributed by atoms with Crippen LogP contribution in [-0.4, -0.2) is 40.9 Å². The fraction of sp³-hybridized carbons (Fsp3) is 0.667. The summed E-state index contributed by atoms with van der Waals surface area (Å²) < 4.78 is 42.6. The van der Waals surface area contributed by atoms with Crippen molar-refractivity contribution in [1.29, 1.82) is 0 Å². The van der Waals surface area contributed by atoms with E-state index in [1.54, 1.807) is 6.92 Å². The predicted octanol–water partition coefficient (Wildman–Crippen LogP) is 7.11. The van der Waals surface area contributed by atoms with Crippen LogP contribution in [0, 0.1) is 13.8 Å². The summed E-state index contributed by atoms with van der Waals surface area (Å²) in [5.41, 5.74) is 1.20. The molecular formula is C24H54O4S2Y2-2. The van der Waals surface area contributed by atoms with Crippen molar-refractivity contribution in [3.05, 3.63) is 49.7 Å². The van der Waals surface area contributed by atoms with Crippen molar-refractivity contribution in [2.45, 2.75) is 82.6 Å². The minimum Gasteiger partial charge on any atom is -0.346 e. The molecule has 1 rings (SSSR count). The average Bonchev–Trinajstić information content (AvgIpc) is 2.58. The molecule has 0 saturated heterocycles. The van der Waals surface area contributed by atoms with Crippen molar-refractivity contribution in [2.24, 2.45) is 0 Å². The second-order valence-corrected chi connectivity index (χ2v) is 9.93. The van der Waals surface area contributed by atoms with Crippen molar-refractivity contribution >= 4 is 19.7 Å². The zero-order valence-corrected chi connectivity index (χ0v) is 25.7. The first-order valence-corrected chi connectivity index (χ1v) is 13.2. The minimum atomic E-state index is -2.79. The molecule has 0 saturated carbocycles. The van der Waals surface area contributed by atoms with Gasteiger partial charge in [0.15, 0.2) is 0 Å². The maximum absolute atomic E-state index is 10.8. The molecule has 32 heavy (non-hydrogen) atoms. The topological polar surface area (TPSA) is 68.3 Å². The number of unbranched alkanes of at least 4 members (excludes halogenated alkanes) is 2. The van der Waals surface area contributed by atoms with Gasteiger partial charge >= 0.3 is 0 Å². The SMILES string of the molecule is C.C.C.C.CC.CS(=O)(=O)CCCc1ccccc1.[CH2-]C.[CH2-]CCCCS(C)(=O)=O.[Y].[Y]. The number of benzene rings is 1. The molecule has 0 unspecified atom stereocenters. The van der Waals surface area contributed by atoms with E-state index in [9.17, 15) is 16.8 Å². The molecule has 0 aromatic heterocycles. The molecule has 0 bridgehead atoms. The van der Waals surface area contributed by atoms with E-state index in [0.717, 1.165) is 25.7 Å². The molecule has 2 radical (unpaired) electrons. The van der Waals surface area contributed by atoms with Crippen molar-refractivity contribution < 1.29 is 82.3 Å². The van der Waals surface area contributed by atoms with Crippen molar-refractivity contribution in [3.8, 4) is 0 Å². The van der Waals surface area contributed by atoms with E-state index in [0.29, 0.717) is 12.2 Å². The van der Waals surface area contributed by atoms with Gasteiger partial charge in [-0.05, 0) is 24.8 Å². The molecule has 0 aliphatic carbocycles. The first-order valence-electron chi connectivity index (χ1n) is 9.03. The summed E-state index contributed by atoms with van der Waals surface area (Å²) in [6.07, 6.45) is 6.58. The second kappa shape index (κ2) is 39.5. The number of sulfone groups is 2. The third-order valence-electron chi connectivity index (χ3n) is 2.84. The van der Waals surface area contributed by atoms with E-state index >= 15 is 0 Å². The summed E-state index contributed by atoms with van der Waals surface area (Å²) in [6, 6.07) is 9.93. The molecule has 0 aliphatic heterocycles. The van der Waals surface area contributed by atoms with Gasteiger partial charge < -0.3 is 13.8 Å². The molecule has 0 spiro atoms. The maximum atomic E-state index is 10.8. The summed E-state index contributed by atoms with van der Waals surface area (Å²) in [5, 5.41) is 0. The van der Waals surface area contributed by atoms with Gasteiger partial charge in [0.1, 0.15) is 19.7 Å². The normalized spacial score (nSPS) is 8.34. The summed E-state index contributed by atoms with van der Waals surface area (Å²) in [7, 11) is -5.52. The Kier molecular flexibility index (Phi) is 72.7. The molecule has 1 aromatic carbocycles. The van der Waals surface area contributed by atoms with Gasteiger partial charge in [0.25, 0.3) is 0 Å². The average molecular weight is 649 g/mol. The molecular weight excluding hydrogens is 594 g/mol. The van der Waals surface area contributed by atoms with Crippen LogP contribution >= 0.6 is 0 Å². The van der Waals surface area contributed by atoms with Crippen LogP contribution in [0.4, 0.5) is 0 Å². The third kappa shape index (κ3) is 57.8. The third-order valence-corrected chi connectivity index (χ3v) is 4.90. The van der Waals surface area contributed by atoms with Crippen LogP contribution in [-0.2, 0) is 91.5 Å². The molecule has 0 aliphatic rings. The van der Waals surface area contributed by atoms with Gasteiger partial charge in [-0.1, -0.05) is 80.3 Å². The first-order chi connectivity index (χ1) is 12.1. The zero-order chi connectivity index (χ0) is 21.1. The Morgan fingerprint density at radius 3 is 1.34 bits per heavy atom. The Bertz CT molecular complexity index is 604. The number of aryl methyl sites for hydroxylation is 1. The van der Waals surface area contributed by atoms with E-state index in [1.165, 1.54) is 18.1 Å². The Morgan fingerprint density at radius 1 is 0.688 bits per heavy atom. The van der Waals surface area contributed by atoms with Crippen molar-refractivity contribution in [2.75, 3.05) is 24.0 Å². The predicted molar refractivity (Wildman–Crippen MR) is 143 cm³/mol. The zero-order valence-electron chi connectivity index (χ0n) is 18.4. The fourth-order valence-corrected chi connectivity index (χ4v) is 3.12. The molecule has 0 atom stereocenters. The van der Waals surface area contributed by atoms with Crippen LogP contribution in [0.25, 0.3) is 0 Å². The quantitative estimate of drug-likeness (QED) is 0.223. The molecule has 0 amide bonds. The molecule has 8 heteroatoms. The fourth-order valence-electron chi connectivity index (χ4n) is 1.72. The molecule has 0 N–H and O–H groups in total. The molecule has 0 fully saturated rings. The summed E-state index contributed by atoms with van der Waals surface area (Å²) in [5.74, 6) is 0.588. The van der Waals surface area contributed by atoms with Crippen LogP contribution < -0.4 is 0 Å². The smallest absolute Gasteiger partial charge is 0.147 e. The van der Waals surface area contributed by atoms with Gasteiger partial charge in [-0.25, -0.2) is 16.8 Å². The summed E-state index contributed by atoms with van der Waals surface area (Å²) in [4.78, 5) is 0. The largest absolute Gasteiger partial charge is 0.346 e. The molecule has 0 heterocycles. The maximum Gasteiger partial charge on any atom is 0.147 e. The monoisotopic (exact) mass is 648 g/mol. The summed E-state index contributed by atoms with van der Waals surface area (Å²) >= 11 is 0. The van der Waals surface area contributed by atoms with Gasteiger partial charge in [0.05, 0.1) is 5.75 Å². The Hall–Kier alpha value is 1.33. The van der Waals surface area contributed by atoms with Crippen molar-refractivity contribution in [1.82, 2.24) is 0 Å². The Balaban J connectivity index is -0.0000000361. The Labute approximate surface area is 255 Å². The van der Waals surface area contributed by atoms with Crippen LogP contribution in [0.1, 0.15) is 81.7 Å². The van der Waals surface area contributed by atoms with Crippen LogP contribution in [0.2, 0.25) is 0 Å². The summed E-state index contributed by atoms with van der Waals surface area (Å²) in [6.45, 7) is 12.6. The number of hydrogen-bond acceptors (Lipinski definition) is 4. The molecule has 194 valence electrons. The standard InChI is InChI=1S/C10H14O2S.C6H13O2S.C2H6.C2H5.4CH4.2Y/c1-13(11,12)9-5-8-10-6-3-2-4-7-10;1-3-4-5-6-9(2,7)8;2*1-2;;;;;;/h2-4,6-7H,5,8-9H2,1H3;1,3-6H2,2H3;1-2H3;1H2,2H3;4*1H4;;/q;-1;;-1;;;;;;. The van der Waals surface area contributed by atoms with Gasteiger partial charge in [-0.15, -0.1) is 0 Å². The Morgan fingerprint density at radius 2 is 1.03 bits per heavy atom. The van der Waals surface area contributed by atoms with Crippen LogP contribution in [0.3, 0.4) is 0 Å². The molecule has 1 aromatic rings. The van der Waals surface area contributed by atoms with Gasteiger partial charge in [-0.2, -0.15) is 13.3 Å². The van der Waals surface area contributed by atoms with Gasteiger partial charge in [0, 0.05) is 83.7 Å².